The number of alkyl halides is 1. The van der Waals surface area contributed by atoms with Gasteiger partial charge in [-0.2, -0.15) is 0 Å². The van der Waals surface area contributed by atoms with Crippen LogP contribution in [0.2, 0.25) is 0 Å². The molecule has 1 nitrogen and oxygen atoms in total. The van der Waals surface area contributed by atoms with E-state index in [4.69, 9.17) is 0 Å². The predicted octanol–water partition coefficient (Wildman–Crippen LogP) is 1.20. The Hall–Kier alpha value is -0.110. The summed E-state index contributed by atoms with van der Waals surface area (Å²) in [4.78, 5) is 0. The van der Waals surface area contributed by atoms with Crippen molar-refractivity contribution in [3.8, 4) is 0 Å². The van der Waals surface area contributed by atoms with E-state index in [0.717, 1.165) is 6.54 Å². The van der Waals surface area contributed by atoms with Crippen molar-refractivity contribution in [3.63, 3.8) is 0 Å². The van der Waals surface area contributed by atoms with Gasteiger partial charge in [0, 0.05) is 19.0 Å². The van der Waals surface area contributed by atoms with Crippen molar-refractivity contribution < 1.29 is 4.39 Å². The molecule has 2 heteroatoms. The van der Waals surface area contributed by atoms with E-state index in [-0.39, 0.29) is 5.92 Å². The molecule has 54 valence electrons. The van der Waals surface area contributed by atoms with Crippen LogP contribution in [0.3, 0.4) is 0 Å². The van der Waals surface area contributed by atoms with E-state index in [1.165, 1.54) is 0 Å². The molecule has 0 saturated carbocycles. The zero-order valence-electron chi connectivity index (χ0n) is 6.02. The first-order valence-electron chi connectivity index (χ1n) is 3.56. The van der Waals surface area contributed by atoms with Crippen LogP contribution in [0, 0.1) is 11.8 Å². The van der Waals surface area contributed by atoms with Gasteiger partial charge in [0.15, 0.2) is 0 Å². The predicted molar refractivity (Wildman–Crippen MR) is 36.1 cm³/mol. The van der Waals surface area contributed by atoms with Crippen LogP contribution in [0.15, 0.2) is 0 Å². The minimum absolute atomic E-state index is 0.255. The summed E-state index contributed by atoms with van der Waals surface area (Å²) in [5, 5.41) is 3.03. The molecule has 9 heavy (non-hydrogen) atoms. The highest BCUT2D eigenvalue weighted by molar-refractivity contribution is 4.82. The lowest BCUT2D eigenvalue weighted by molar-refractivity contribution is 0.234. The summed E-state index contributed by atoms with van der Waals surface area (Å²) in [7, 11) is 0. The van der Waals surface area contributed by atoms with Gasteiger partial charge in [0.05, 0.1) is 0 Å². The van der Waals surface area contributed by atoms with Gasteiger partial charge in [0.2, 0.25) is 0 Å². The van der Waals surface area contributed by atoms with Crippen LogP contribution in [0.1, 0.15) is 13.8 Å². The highest BCUT2D eigenvalue weighted by Gasteiger charge is 2.28. The first kappa shape index (κ1) is 7.00. The van der Waals surface area contributed by atoms with Crippen molar-refractivity contribution in [2.45, 2.75) is 20.0 Å². The summed E-state index contributed by atoms with van der Waals surface area (Å²) in [6.07, 6.45) is -0.606. The number of halogens is 1. The third-order valence-electron chi connectivity index (χ3n) is 2.04. The van der Waals surface area contributed by atoms with E-state index in [1.807, 2.05) is 0 Å². The molecule has 0 spiro atoms. The van der Waals surface area contributed by atoms with Gasteiger partial charge in [-0.15, -0.1) is 0 Å². The molecule has 0 bridgehead atoms. The van der Waals surface area contributed by atoms with Gasteiger partial charge < -0.3 is 5.32 Å². The van der Waals surface area contributed by atoms with Crippen molar-refractivity contribution in [1.82, 2.24) is 5.32 Å². The summed E-state index contributed by atoms with van der Waals surface area (Å²) in [5.41, 5.74) is 0. The number of hydrogen-bond acceptors (Lipinski definition) is 1. The largest absolute Gasteiger partial charge is 0.313 e. The van der Waals surface area contributed by atoms with E-state index in [9.17, 15) is 4.39 Å². The first-order chi connectivity index (χ1) is 4.22. The van der Waals surface area contributed by atoms with Gasteiger partial charge in [-0.3, -0.25) is 0 Å². The molecule has 1 saturated heterocycles. The molecule has 0 aromatic carbocycles. The molecule has 1 unspecified atom stereocenters. The fourth-order valence-electron chi connectivity index (χ4n) is 1.32. The number of hydrogen-bond donors (Lipinski definition) is 1. The van der Waals surface area contributed by atoms with Crippen LogP contribution < -0.4 is 5.32 Å². The fraction of sp³-hybridized carbons (Fsp3) is 1.00. The maximum Gasteiger partial charge on any atom is 0.117 e. The van der Waals surface area contributed by atoms with Gasteiger partial charge in [-0.25, -0.2) is 4.39 Å². The van der Waals surface area contributed by atoms with E-state index >= 15 is 0 Å². The van der Waals surface area contributed by atoms with E-state index in [2.05, 4.69) is 19.2 Å². The second kappa shape index (κ2) is 2.65. The van der Waals surface area contributed by atoms with Gasteiger partial charge in [-0.1, -0.05) is 13.8 Å². The van der Waals surface area contributed by atoms with Gasteiger partial charge in [0.25, 0.3) is 0 Å². The van der Waals surface area contributed by atoms with Gasteiger partial charge in [-0.05, 0) is 5.92 Å². The summed E-state index contributed by atoms with van der Waals surface area (Å²) in [6, 6.07) is 0. The lowest BCUT2D eigenvalue weighted by Crippen LogP contribution is -2.18. The molecule has 2 atom stereocenters. The Kier molecular flexibility index (Phi) is 2.06. The molecule has 1 N–H and O–H groups in total. The third kappa shape index (κ3) is 1.42. The second-order valence-electron chi connectivity index (χ2n) is 3.08. The van der Waals surface area contributed by atoms with Crippen LogP contribution in [0.5, 0.6) is 0 Å². The third-order valence-corrected chi connectivity index (χ3v) is 2.04. The van der Waals surface area contributed by atoms with Crippen molar-refractivity contribution in [2.24, 2.45) is 11.8 Å². The maximum absolute atomic E-state index is 12.8. The smallest absolute Gasteiger partial charge is 0.117 e. The molecule has 1 aliphatic heterocycles. The van der Waals surface area contributed by atoms with Gasteiger partial charge >= 0.3 is 0 Å². The minimum atomic E-state index is -0.606. The fourth-order valence-corrected chi connectivity index (χ4v) is 1.32. The molecule has 0 radical (unpaired) electrons. The lowest BCUT2D eigenvalue weighted by atomic mass is 9.94. The van der Waals surface area contributed by atoms with E-state index < -0.39 is 6.17 Å². The molecule has 0 aromatic rings. The molecule has 0 aliphatic carbocycles. The monoisotopic (exact) mass is 131 g/mol. The van der Waals surface area contributed by atoms with Gasteiger partial charge in [0.1, 0.15) is 6.17 Å². The molecule has 0 amide bonds. The maximum atomic E-state index is 12.8. The van der Waals surface area contributed by atoms with Crippen LogP contribution in [-0.2, 0) is 0 Å². The summed E-state index contributed by atoms with van der Waals surface area (Å²) in [6.45, 7) is 5.57. The van der Waals surface area contributed by atoms with Crippen LogP contribution in [-0.4, -0.2) is 19.3 Å². The average Bonchev–Trinajstić information content (AvgIpc) is 2.13. The molecule has 1 fully saturated rings. The Morgan fingerprint density at radius 2 is 2.11 bits per heavy atom. The second-order valence-corrected chi connectivity index (χ2v) is 3.08. The average molecular weight is 131 g/mol. The Morgan fingerprint density at radius 3 is 2.33 bits per heavy atom. The number of nitrogens with one attached hydrogen (secondary N) is 1. The molecular weight excluding hydrogens is 117 g/mol. The Bertz CT molecular complexity index is 92.9. The first-order valence-corrected chi connectivity index (χ1v) is 3.56. The van der Waals surface area contributed by atoms with E-state index in [1.54, 1.807) is 0 Å². The molecule has 1 heterocycles. The molecule has 0 aromatic heterocycles. The summed E-state index contributed by atoms with van der Waals surface area (Å²) >= 11 is 0. The number of rotatable bonds is 1. The van der Waals surface area contributed by atoms with Crippen molar-refractivity contribution in [3.05, 3.63) is 0 Å². The van der Waals surface area contributed by atoms with Crippen LogP contribution in [0.4, 0.5) is 4.39 Å². The Morgan fingerprint density at radius 1 is 1.44 bits per heavy atom. The lowest BCUT2D eigenvalue weighted by Gasteiger charge is -2.14. The Balaban J connectivity index is 2.40. The summed E-state index contributed by atoms with van der Waals surface area (Å²) < 4.78 is 12.8. The quantitative estimate of drug-likeness (QED) is 0.564. The summed E-state index contributed by atoms with van der Waals surface area (Å²) in [5.74, 6) is 0.736. The topological polar surface area (TPSA) is 12.0 Å². The molecule has 1 aliphatic rings. The van der Waals surface area contributed by atoms with Crippen molar-refractivity contribution >= 4 is 0 Å². The van der Waals surface area contributed by atoms with Crippen LogP contribution >= 0.6 is 0 Å². The zero-order chi connectivity index (χ0) is 6.85. The molecular formula is C7H14FN. The highest BCUT2D eigenvalue weighted by atomic mass is 19.1. The van der Waals surface area contributed by atoms with Crippen LogP contribution in [0.25, 0.3) is 0 Å². The molecule has 1 rings (SSSR count). The SMILES string of the molecule is CC(C)[C@H]1CNCC1F. The Labute approximate surface area is 55.6 Å². The van der Waals surface area contributed by atoms with Crippen molar-refractivity contribution in [2.75, 3.05) is 13.1 Å². The standard InChI is InChI=1S/C7H14FN/c1-5(2)6-3-9-4-7(6)8/h5-7,9H,3-4H2,1-2H3/t6-,7?/m1/s1. The van der Waals surface area contributed by atoms with E-state index in [0.29, 0.717) is 12.5 Å². The highest BCUT2D eigenvalue weighted by Crippen LogP contribution is 2.20. The minimum Gasteiger partial charge on any atom is -0.313 e. The van der Waals surface area contributed by atoms with Crippen molar-refractivity contribution in [1.29, 1.82) is 0 Å². The zero-order valence-corrected chi connectivity index (χ0v) is 6.02. The normalized spacial score (nSPS) is 36.0.